The number of pyridine rings is 1. The molecule has 224 valence electrons. The molecule has 4 aromatic rings. The van der Waals surface area contributed by atoms with E-state index in [9.17, 15) is 14.4 Å². The zero-order valence-corrected chi connectivity index (χ0v) is 25.5. The number of carbonyl (C=O) groups excluding carboxylic acids is 3. The lowest BCUT2D eigenvalue weighted by Crippen LogP contribution is -2.46. The van der Waals surface area contributed by atoms with Crippen molar-refractivity contribution in [1.82, 2.24) is 24.4 Å². The topological polar surface area (TPSA) is 97.9 Å². The van der Waals surface area contributed by atoms with Crippen LogP contribution in [0.1, 0.15) is 79.7 Å². The summed E-state index contributed by atoms with van der Waals surface area (Å²) in [6, 6.07) is 11.8. The van der Waals surface area contributed by atoms with Crippen LogP contribution in [0.2, 0.25) is 0 Å². The molecule has 1 aromatic carbocycles. The van der Waals surface area contributed by atoms with Gasteiger partial charge in [0.1, 0.15) is 11.3 Å². The molecule has 1 N–H and O–H groups in total. The zero-order valence-electron chi connectivity index (χ0n) is 25.5. The number of ketones is 1. The molecule has 2 unspecified atom stereocenters. The number of rotatable bonds is 6. The number of nitrogens with one attached hydrogen (secondary N) is 1. The van der Waals surface area contributed by atoms with Crippen LogP contribution in [0.5, 0.6) is 0 Å². The molecule has 2 bridgehead atoms. The molecule has 1 saturated heterocycles. The second-order valence-electron chi connectivity index (χ2n) is 13.7. The van der Waals surface area contributed by atoms with E-state index in [1.54, 1.807) is 6.92 Å². The number of alkyl carbamates (subject to hydrolysis) is 1. The molecule has 9 heteroatoms. The molecular weight excluding hydrogens is 542 g/mol. The first kappa shape index (κ1) is 27.7. The maximum atomic E-state index is 13.8. The first-order valence-corrected chi connectivity index (χ1v) is 15.4. The first-order chi connectivity index (χ1) is 20.5. The standard InChI is InChI=1S/C34H39N5O4/c1-19-26-12-11-25(32(41)38-17-24-10-13-27(38)31(24)35-33(42)43-34(3,4)5)18-39(26)36-30(19)29-15-23-9-8-22(20(2)40)14-28(23)37(29)16-21-6-7-21/h8-9,11-12,14-15,18,21,24,27,31H,6-7,10,13,16-17H2,1-5H3,(H,35,42)/t24?,27?,31-/m1/s1. The van der Waals surface area contributed by atoms with Crippen molar-refractivity contribution < 1.29 is 19.1 Å². The van der Waals surface area contributed by atoms with Crippen molar-refractivity contribution in [3.05, 3.63) is 59.3 Å². The van der Waals surface area contributed by atoms with Gasteiger partial charge in [0, 0.05) is 41.3 Å². The van der Waals surface area contributed by atoms with E-state index >= 15 is 0 Å². The number of aryl methyl sites for hydroxylation is 1. The molecule has 3 aliphatic rings. The van der Waals surface area contributed by atoms with Crippen LogP contribution in [-0.4, -0.2) is 61.1 Å². The number of carbonyl (C=O) groups is 3. The Morgan fingerprint density at radius 2 is 1.77 bits per heavy atom. The van der Waals surface area contributed by atoms with Crippen LogP contribution in [0.4, 0.5) is 4.79 Å². The Kier molecular flexibility index (Phi) is 6.41. The fourth-order valence-corrected chi connectivity index (χ4v) is 7.03. The molecule has 0 spiro atoms. The van der Waals surface area contributed by atoms with Gasteiger partial charge in [-0.3, -0.25) is 9.59 Å². The molecule has 43 heavy (non-hydrogen) atoms. The van der Waals surface area contributed by atoms with Crippen molar-refractivity contribution in [3.63, 3.8) is 0 Å². The number of hydrogen-bond acceptors (Lipinski definition) is 5. The van der Waals surface area contributed by atoms with Crippen molar-refractivity contribution >= 4 is 34.2 Å². The third-order valence-electron chi connectivity index (χ3n) is 9.35. The van der Waals surface area contributed by atoms with Crippen molar-refractivity contribution in [2.24, 2.45) is 11.8 Å². The highest BCUT2D eigenvalue weighted by molar-refractivity contribution is 5.99. The maximum Gasteiger partial charge on any atom is 0.407 e. The highest BCUT2D eigenvalue weighted by atomic mass is 16.6. The Morgan fingerprint density at radius 3 is 2.49 bits per heavy atom. The molecule has 2 amide bonds. The molecule has 3 fully saturated rings. The predicted molar refractivity (Wildman–Crippen MR) is 164 cm³/mol. The third kappa shape index (κ3) is 4.98. The van der Waals surface area contributed by atoms with Gasteiger partial charge in [-0.15, -0.1) is 0 Å². The summed E-state index contributed by atoms with van der Waals surface area (Å²) >= 11 is 0. The summed E-state index contributed by atoms with van der Waals surface area (Å²) in [6.07, 6.45) is 5.68. The van der Waals surface area contributed by atoms with Gasteiger partial charge in [0.2, 0.25) is 0 Å². The lowest BCUT2D eigenvalue weighted by atomic mass is 10.1. The van der Waals surface area contributed by atoms with E-state index in [4.69, 9.17) is 9.84 Å². The van der Waals surface area contributed by atoms with Crippen LogP contribution in [-0.2, 0) is 11.3 Å². The van der Waals surface area contributed by atoms with Crippen LogP contribution in [0.25, 0.3) is 27.8 Å². The average molecular weight is 582 g/mol. The van der Waals surface area contributed by atoms with Crippen molar-refractivity contribution in [1.29, 1.82) is 0 Å². The van der Waals surface area contributed by atoms with Gasteiger partial charge in [-0.2, -0.15) is 5.10 Å². The minimum atomic E-state index is -0.572. The minimum absolute atomic E-state index is 0.0422. The number of benzene rings is 1. The number of piperidine rings is 1. The van der Waals surface area contributed by atoms with Crippen LogP contribution < -0.4 is 5.32 Å². The molecule has 3 aromatic heterocycles. The second kappa shape index (κ2) is 9.96. The Morgan fingerprint density at radius 1 is 1.00 bits per heavy atom. The quantitative estimate of drug-likeness (QED) is 0.282. The van der Waals surface area contributed by atoms with E-state index in [-0.39, 0.29) is 29.7 Å². The van der Waals surface area contributed by atoms with Crippen LogP contribution in [0.15, 0.2) is 42.6 Å². The highest BCUT2D eigenvalue weighted by Gasteiger charge is 2.49. The number of likely N-dealkylation sites (tertiary alicyclic amines) is 1. The van der Waals surface area contributed by atoms with Gasteiger partial charge >= 0.3 is 6.09 Å². The highest BCUT2D eigenvalue weighted by Crippen LogP contribution is 2.40. The third-order valence-corrected chi connectivity index (χ3v) is 9.35. The fraction of sp³-hybridized carbons (Fsp3) is 0.471. The van der Waals surface area contributed by atoms with Gasteiger partial charge in [0.05, 0.1) is 28.9 Å². The summed E-state index contributed by atoms with van der Waals surface area (Å²) in [4.78, 5) is 40.4. The van der Waals surface area contributed by atoms with Gasteiger partial charge in [-0.1, -0.05) is 12.1 Å². The smallest absolute Gasteiger partial charge is 0.407 e. The molecule has 1 aliphatic heterocycles. The largest absolute Gasteiger partial charge is 0.444 e. The molecule has 2 saturated carbocycles. The first-order valence-electron chi connectivity index (χ1n) is 15.4. The van der Waals surface area contributed by atoms with Crippen molar-refractivity contribution in [2.45, 2.75) is 84.5 Å². The zero-order chi connectivity index (χ0) is 30.2. The molecule has 7 rings (SSSR count). The summed E-state index contributed by atoms with van der Waals surface area (Å²) in [5.74, 6) is 0.878. The number of aromatic nitrogens is 3. The summed E-state index contributed by atoms with van der Waals surface area (Å²) in [7, 11) is 0. The summed E-state index contributed by atoms with van der Waals surface area (Å²) < 4.78 is 9.63. The van der Waals surface area contributed by atoms with Crippen LogP contribution in [0.3, 0.4) is 0 Å². The van der Waals surface area contributed by atoms with Gasteiger partial charge in [-0.25, -0.2) is 9.31 Å². The van der Waals surface area contributed by atoms with E-state index < -0.39 is 11.7 Å². The molecule has 3 atom stereocenters. The van der Waals surface area contributed by atoms with Crippen LogP contribution >= 0.6 is 0 Å². The summed E-state index contributed by atoms with van der Waals surface area (Å²) in [6.45, 7) is 10.7. The van der Waals surface area contributed by atoms with Gasteiger partial charge < -0.3 is 19.5 Å². The normalized spacial score (nSPS) is 21.6. The van der Waals surface area contributed by atoms with Crippen molar-refractivity contribution in [2.75, 3.05) is 6.54 Å². The molecule has 9 nitrogen and oxygen atoms in total. The Labute approximate surface area is 251 Å². The SMILES string of the molecule is CC(=O)c1ccc2cc(-c3nn4cc(C(=O)N5CC6CCC5[C@@H]6NC(=O)OC(C)(C)C)ccc4c3C)n(CC3CC3)c2c1. The van der Waals surface area contributed by atoms with Gasteiger partial charge in [0.15, 0.2) is 5.78 Å². The number of Topliss-reactive ketones (excluding diaryl/α,β-unsaturated/α-hetero) is 1. The Bertz CT molecular complexity index is 1790. The lowest BCUT2D eigenvalue weighted by molar-refractivity contribution is 0.0485. The molecule has 2 aliphatic carbocycles. The van der Waals surface area contributed by atoms with Crippen LogP contribution in [0, 0.1) is 18.8 Å². The second-order valence-corrected chi connectivity index (χ2v) is 13.7. The van der Waals surface area contributed by atoms with Gasteiger partial charge in [-0.05, 0) is 96.4 Å². The number of amides is 2. The number of ether oxygens (including phenoxy) is 1. The Hall–Kier alpha value is -4.14. The lowest BCUT2D eigenvalue weighted by Gasteiger charge is -2.28. The fourth-order valence-electron chi connectivity index (χ4n) is 7.03. The number of nitrogens with zero attached hydrogens (tertiary/aromatic N) is 4. The van der Waals surface area contributed by atoms with Gasteiger partial charge in [0.25, 0.3) is 5.91 Å². The predicted octanol–water partition coefficient (Wildman–Crippen LogP) is 6.00. The average Bonchev–Trinajstić information content (AvgIpc) is 3.31. The van der Waals surface area contributed by atoms with E-state index in [0.29, 0.717) is 23.6 Å². The van der Waals surface area contributed by atoms with E-state index in [1.807, 2.05) is 66.7 Å². The van der Waals surface area contributed by atoms with E-state index in [2.05, 4.69) is 22.9 Å². The van der Waals surface area contributed by atoms with Crippen molar-refractivity contribution in [3.8, 4) is 11.4 Å². The maximum absolute atomic E-state index is 13.8. The van der Waals surface area contributed by atoms with E-state index in [1.165, 1.54) is 12.8 Å². The number of fused-ring (bicyclic) bond motifs is 4. The summed E-state index contributed by atoms with van der Waals surface area (Å²) in [5, 5.41) is 9.15. The molecule has 4 heterocycles. The molecular formula is C34H39N5O4. The monoisotopic (exact) mass is 581 g/mol. The molecule has 0 radical (unpaired) electrons. The van der Waals surface area contributed by atoms with E-state index in [0.717, 1.165) is 52.8 Å². The number of hydrogen-bond donors (Lipinski definition) is 1. The Balaban J connectivity index is 1.19. The minimum Gasteiger partial charge on any atom is -0.444 e. The summed E-state index contributed by atoms with van der Waals surface area (Å²) in [5.41, 5.74) is 5.69.